The topological polar surface area (TPSA) is 113 Å². The Morgan fingerprint density at radius 1 is 1.07 bits per heavy atom. The van der Waals surface area contributed by atoms with Gasteiger partial charge in [0, 0.05) is 31.9 Å². The van der Waals surface area contributed by atoms with Gasteiger partial charge < -0.3 is 15.5 Å². The van der Waals surface area contributed by atoms with E-state index in [1.807, 2.05) is 38.1 Å². The van der Waals surface area contributed by atoms with Gasteiger partial charge in [-0.3, -0.25) is 0 Å². The zero-order valence-electron chi connectivity index (χ0n) is 16.8. The molecule has 0 spiro atoms. The van der Waals surface area contributed by atoms with Crippen molar-refractivity contribution in [2.45, 2.75) is 13.8 Å². The van der Waals surface area contributed by atoms with Gasteiger partial charge in [-0.1, -0.05) is 6.07 Å². The maximum Gasteiger partial charge on any atom is 0.253 e. The number of likely N-dealkylation sites (N-methyl/N-ethyl adjacent to an activating group) is 1. The van der Waals surface area contributed by atoms with E-state index >= 15 is 0 Å². The number of rotatable bonds is 3. The fraction of sp³-hybridized carbons (Fsp3) is 0.350. The highest BCUT2D eigenvalue weighted by Gasteiger charge is 2.20. The van der Waals surface area contributed by atoms with Gasteiger partial charge in [-0.25, -0.2) is 14.6 Å². The highest BCUT2D eigenvalue weighted by Crippen LogP contribution is 2.26. The molecular formula is C20H23N9. The molecule has 0 radical (unpaired) electrons. The Kier molecular flexibility index (Phi) is 4.86. The van der Waals surface area contributed by atoms with Crippen molar-refractivity contribution in [3.8, 4) is 23.4 Å². The van der Waals surface area contributed by atoms with E-state index in [1.165, 1.54) is 0 Å². The highest BCUT2D eigenvalue weighted by atomic mass is 15.4. The summed E-state index contributed by atoms with van der Waals surface area (Å²) in [5.74, 6) is 1.31. The Labute approximate surface area is 169 Å². The molecule has 9 heteroatoms. The summed E-state index contributed by atoms with van der Waals surface area (Å²) in [7, 11) is 2.12. The summed E-state index contributed by atoms with van der Waals surface area (Å²) in [5, 5.41) is 14.1. The van der Waals surface area contributed by atoms with Gasteiger partial charge in [0.2, 0.25) is 0 Å². The molecule has 0 unspecified atom stereocenters. The van der Waals surface area contributed by atoms with Crippen molar-refractivity contribution in [2.24, 2.45) is 0 Å². The number of nitriles is 1. The molecule has 0 atom stereocenters. The number of nitrogen functional groups attached to an aromatic ring is 1. The van der Waals surface area contributed by atoms with Crippen LogP contribution in [0.15, 0.2) is 24.3 Å². The average molecular weight is 389 g/mol. The summed E-state index contributed by atoms with van der Waals surface area (Å²) >= 11 is 0. The largest absolute Gasteiger partial charge is 0.382 e. The van der Waals surface area contributed by atoms with Gasteiger partial charge in [-0.15, -0.1) is 0 Å². The SMILES string of the molecule is Cc1cc(C)n(-c2nc(N)c(C#N)c(-c3cccc(N4CCN(C)CC4)n3)n2)n1. The summed E-state index contributed by atoms with van der Waals surface area (Å²) < 4.78 is 1.63. The van der Waals surface area contributed by atoms with Crippen LogP contribution in [0.1, 0.15) is 17.0 Å². The summed E-state index contributed by atoms with van der Waals surface area (Å²) in [6, 6.07) is 9.81. The minimum absolute atomic E-state index is 0.117. The predicted octanol–water partition coefficient (Wildman–Crippen LogP) is 1.55. The lowest BCUT2D eigenvalue weighted by Gasteiger charge is -2.33. The van der Waals surface area contributed by atoms with Crippen LogP contribution in [0.5, 0.6) is 0 Å². The Morgan fingerprint density at radius 2 is 1.83 bits per heavy atom. The molecule has 0 amide bonds. The van der Waals surface area contributed by atoms with Crippen molar-refractivity contribution in [3.05, 3.63) is 41.2 Å². The molecule has 0 saturated carbocycles. The van der Waals surface area contributed by atoms with Crippen LogP contribution in [-0.4, -0.2) is 62.9 Å². The van der Waals surface area contributed by atoms with Crippen LogP contribution in [0.2, 0.25) is 0 Å². The van der Waals surface area contributed by atoms with Gasteiger partial charge in [0.05, 0.1) is 11.4 Å². The van der Waals surface area contributed by atoms with Crippen LogP contribution in [0, 0.1) is 25.2 Å². The molecule has 9 nitrogen and oxygen atoms in total. The van der Waals surface area contributed by atoms with E-state index in [0.717, 1.165) is 43.4 Å². The molecule has 0 bridgehead atoms. The second-order valence-corrected chi connectivity index (χ2v) is 7.25. The molecule has 4 heterocycles. The monoisotopic (exact) mass is 389 g/mol. The molecule has 3 aromatic heterocycles. The van der Waals surface area contributed by atoms with Crippen molar-refractivity contribution >= 4 is 11.6 Å². The maximum absolute atomic E-state index is 9.65. The molecule has 2 N–H and O–H groups in total. The smallest absolute Gasteiger partial charge is 0.253 e. The summed E-state index contributed by atoms with van der Waals surface area (Å²) in [4.78, 5) is 18.2. The molecule has 1 saturated heterocycles. The number of hydrogen-bond donors (Lipinski definition) is 1. The first-order valence-corrected chi connectivity index (χ1v) is 9.48. The third-order valence-corrected chi connectivity index (χ3v) is 5.04. The zero-order valence-corrected chi connectivity index (χ0v) is 16.8. The van der Waals surface area contributed by atoms with Crippen LogP contribution < -0.4 is 10.6 Å². The Hall–Kier alpha value is -3.51. The number of aromatic nitrogens is 5. The minimum Gasteiger partial charge on any atom is -0.382 e. The van der Waals surface area contributed by atoms with Crippen molar-refractivity contribution in [3.63, 3.8) is 0 Å². The lowest BCUT2D eigenvalue weighted by Crippen LogP contribution is -2.44. The number of nitrogens with two attached hydrogens (primary N) is 1. The van der Waals surface area contributed by atoms with Crippen LogP contribution in [0.3, 0.4) is 0 Å². The molecule has 4 rings (SSSR count). The van der Waals surface area contributed by atoms with E-state index in [4.69, 9.17) is 10.7 Å². The Balaban J connectivity index is 1.79. The summed E-state index contributed by atoms with van der Waals surface area (Å²) in [5.41, 5.74) is 9.07. The number of piperazine rings is 1. The number of pyridine rings is 1. The van der Waals surface area contributed by atoms with Gasteiger partial charge in [0.25, 0.3) is 5.95 Å². The van der Waals surface area contributed by atoms with Crippen molar-refractivity contribution in [1.29, 1.82) is 5.26 Å². The number of aryl methyl sites for hydroxylation is 2. The van der Waals surface area contributed by atoms with Crippen LogP contribution >= 0.6 is 0 Å². The Morgan fingerprint density at radius 3 is 2.48 bits per heavy atom. The maximum atomic E-state index is 9.65. The second kappa shape index (κ2) is 7.48. The van der Waals surface area contributed by atoms with Crippen molar-refractivity contribution in [2.75, 3.05) is 43.9 Å². The van der Waals surface area contributed by atoms with Crippen LogP contribution in [0.25, 0.3) is 17.3 Å². The van der Waals surface area contributed by atoms with Crippen LogP contribution in [0.4, 0.5) is 11.6 Å². The fourth-order valence-corrected chi connectivity index (χ4v) is 3.45. The summed E-state index contributed by atoms with van der Waals surface area (Å²) in [6.45, 7) is 7.60. The lowest BCUT2D eigenvalue weighted by atomic mass is 10.1. The first-order valence-electron chi connectivity index (χ1n) is 9.48. The van der Waals surface area contributed by atoms with E-state index in [0.29, 0.717) is 17.3 Å². The molecule has 1 aliphatic rings. The lowest BCUT2D eigenvalue weighted by molar-refractivity contribution is 0.312. The molecule has 148 valence electrons. The quantitative estimate of drug-likeness (QED) is 0.718. The van der Waals surface area contributed by atoms with Gasteiger partial charge in [0.15, 0.2) is 0 Å². The van der Waals surface area contributed by atoms with Gasteiger partial charge in [-0.05, 0) is 39.1 Å². The van der Waals surface area contributed by atoms with E-state index in [9.17, 15) is 5.26 Å². The molecule has 29 heavy (non-hydrogen) atoms. The highest BCUT2D eigenvalue weighted by molar-refractivity contribution is 5.71. The standard InChI is InChI=1S/C20H23N9/c1-13-11-14(2)29(26-13)20-24-18(15(12-21)19(22)25-20)16-5-4-6-17(23-16)28-9-7-27(3)8-10-28/h4-6,11H,7-10H2,1-3H3,(H2,22,24,25). The van der Waals surface area contributed by atoms with Crippen molar-refractivity contribution in [1.82, 2.24) is 29.6 Å². The number of nitrogens with zero attached hydrogens (tertiary/aromatic N) is 8. The Bertz CT molecular complexity index is 1090. The number of anilines is 2. The van der Waals surface area contributed by atoms with Crippen LogP contribution in [-0.2, 0) is 0 Å². The first kappa shape index (κ1) is 18.8. The second-order valence-electron chi connectivity index (χ2n) is 7.25. The predicted molar refractivity (Wildman–Crippen MR) is 111 cm³/mol. The average Bonchev–Trinajstić information content (AvgIpc) is 3.06. The van der Waals surface area contributed by atoms with E-state index in [1.54, 1.807) is 4.68 Å². The van der Waals surface area contributed by atoms with E-state index in [2.05, 4.69) is 38.0 Å². The van der Waals surface area contributed by atoms with E-state index in [-0.39, 0.29) is 11.4 Å². The van der Waals surface area contributed by atoms with Gasteiger partial charge in [0.1, 0.15) is 29.0 Å². The molecule has 1 aliphatic heterocycles. The molecule has 0 aliphatic carbocycles. The molecular weight excluding hydrogens is 366 g/mol. The first-order chi connectivity index (χ1) is 14.0. The molecule has 3 aromatic rings. The molecule has 0 aromatic carbocycles. The third-order valence-electron chi connectivity index (χ3n) is 5.04. The number of hydrogen-bond acceptors (Lipinski definition) is 8. The fourth-order valence-electron chi connectivity index (χ4n) is 3.45. The molecule has 1 fully saturated rings. The minimum atomic E-state index is 0.117. The van der Waals surface area contributed by atoms with Gasteiger partial charge >= 0.3 is 0 Å². The van der Waals surface area contributed by atoms with Gasteiger partial charge in [-0.2, -0.15) is 15.3 Å². The zero-order chi connectivity index (χ0) is 20.5. The van der Waals surface area contributed by atoms with Crippen molar-refractivity contribution < 1.29 is 0 Å². The summed E-state index contributed by atoms with van der Waals surface area (Å²) in [6.07, 6.45) is 0. The van der Waals surface area contributed by atoms with E-state index < -0.39 is 0 Å². The third kappa shape index (κ3) is 3.62. The normalized spacial score (nSPS) is 14.8.